The van der Waals surface area contributed by atoms with Gasteiger partial charge in [-0.25, -0.2) is 0 Å². The summed E-state index contributed by atoms with van der Waals surface area (Å²) >= 11 is 7.19. The molecular weight excluding hydrogens is 330 g/mol. The van der Waals surface area contributed by atoms with E-state index in [0.29, 0.717) is 17.9 Å². The number of carbonyl (C=O) groups is 1. The molecule has 0 aliphatic carbocycles. The van der Waals surface area contributed by atoms with Crippen molar-refractivity contribution >= 4 is 34.7 Å². The van der Waals surface area contributed by atoms with Crippen molar-refractivity contribution in [2.45, 2.75) is 12.8 Å². The van der Waals surface area contributed by atoms with Crippen LogP contribution in [0.1, 0.15) is 12.0 Å². The molecule has 0 fully saturated rings. The molecule has 0 radical (unpaired) electrons. The Balaban J connectivity index is 1.54. The molecule has 4 nitrogen and oxygen atoms in total. The number of amides is 1. The van der Waals surface area contributed by atoms with Crippen LogP contribution in [0.4, 0.5) is 5.69 Å². The standard InChI is InChI=1S/C17H14ClN3OS/c18-14-6-1-12(2-7-14)3-10-17(22)20-15-8-4-13(5-9-15)16-11-19-21-23-16/h1-2,4-9,11H,3,10H2,(H,20,22). The Hall–Kier alpha value is -2.24. The minimum Gasteiger partial charge on any atom is -0.326 e. The van der Waals surface area contributed by atoms with Gasteiger partial charge in [-0.3, -0.25) is 4.79 Å². The van der Waals surface area contributed by atoms with Gasteiger partial charge in [-0.1, -0.05) is 40.4 Å². The summed E-state index contributed by atoms with van der Waals surface area (Å²) in [5.74, 6) is -0.00726. The smallest absolute Gasteiger partial charge is 0.224 e. The van der Waals surface area contributed by atoms with Gasteiger partial charge in [-0.05, 0) is 53.3 Å². The Bertz CT molecular complexity index is 771. The number of halogens is 1. The molecule has 0 aliphatic heterocycles. The van der Waals surface area contributed by atoms with E-state index in [9.17, 15) is 4.79 Å². The molecule has 3 aromatic rings. The molecule has 0 aliphatic rings. The summed E-state index contributed by atoms with van der Waals surface area (Å²) in [6, 6.07) is 15.2. The van der Waals surface area contributed by atoms with Crippen LogP contribution >= 0.6 is 23.1 Å². The third-order valence-electron chi connectivity index (χ3n) is 3.37. The summed E-state index contributed by atoms with van der Waals surface area (Å²) < 4.78 is 3.84. The van der Waals surface area contributed by atoms with Gasteiger partial charge in [0.05, 0.1) is 11.1 Å². The number of rotatable bonds is 5. The maximum atomic E-state index is 12.0. The van der Waals surface area contributed by atoms with E-state index in [4.69, 9.17) is 11.6 Å². The van der Waals surface area contributed by atoms with Crippen LogP contribution in [0.25, 0.3) is 10.4 Å². The molecule has 23 heavy (non-hydrogen) atoms. The number of hydrogen-bond donors (Lipinski definition) is 1. The Morgan fingerprint density at radius 3 is 2.48 bits per heavy atom. The van der Waals surface area contributed by atoms with Crippen LogP contribution in [0.15, 0.2) is 54.7 Å². The van der Waals surface area contributed by atoms with E-state index in [1.54, 1.807) is 6.20 Å². The monoisotopic (exact) mass is 343 g/mol. The van der Waals surface area contributed by atoms with Crippen molar-refractivity contribution in [3.05, 3.63) is 65.3 Å². The number of hydrogen-bond acceptors (Lipinski definition) is 4. The van der Waals surface area contributed by atoms with Crippen LogP contribution < -0.4 is 5.32 Å². The van der Waals surface area contributed by atoms with E-state index < -0.39 is 0 Å². The average molecular weight is 344 g/mol. The fraction of sp³-hybridized carbons (Fsp3) is 0.118. The van der Waals surface area contributed by atoms with Crippen LogP contribution in [-0.4, -0.2) is 15.5 Å². The first-order chi connectivity index (χ1) is 11.2. The normalized spacial score (nSPS) is 10.5. The Kier molecular flexibility index (Phi) is 5.00. The highest BCUT2D eigenvalue weighted by Crippen LogP contribution is 2.23. The summed E-state index contributed by atoms with van der Waals surface area (Å²) in [6.45, 7) is 0. The third kappa shape index (κ3) is 4.37. The topological polar surface area (TPSA) is 54.9 Å². The maximum absolute atomic E-state index is 12.0. The highest BCUT2D eigenvalue weighted by atomic mass is 35.5. The van der Waals surface area contributed by atoms with Crippen LogP contribution in [0.3, 0.4) is 0 Å². The van der Waals surface area contributed by atoms with E-state index >= 15 is 0 Å². The lowest BCUT2D eigenvalue weighted by Gasteiger charge is -2.06. The van der Waals surface area contributed by atoms with Gasteiger partial charge < -0.3 is 5.32 Å². The van der Waals surface area contributed by atoms with Crippen molar-refractivity contribution in [3.63, 3.8) is 0 Å². The maximum Gasteiger partial charge on any atom is 0.224 e. The third-order valence-corrected chi connectivity index (χ3v) is 4.33. The first-order valence-corrected chi connectivity index (χ1v) is 8.28. The highest BCUT2D eigenvalue weighted by Gasteiger charge is 2.05. The molecule has 2 aromatic carbocycles. The minimum atomic E-state index is -0.00726. The highest BCUT2D eigenvalue weighted by molar-refractivity contribution is 7.09. The molecular formula is C17H14ClN3OS. The van der Waals surface area contributed by atoms with E-state index in [0.717, 1.165) is 21.7 Å². The minimum absolute atomic E-state index is 0.00726. The fourth-order valence-electron chi connectivity index (χ4n) is 2.14. The van der Waals surface area contributed by atoms with Crippen LogP contribution in [0.2, 0.25) is 5.02 Å². The first kappa shape index (κ1) is 15.6. The molecule has 6 heteroatoms. The molecule has 1 aromatic heterocycles. The lowest BCUT2D eigenvalue weighted by atomic mass is 10.1. The van der Waals surface area contributed by atoms with Crippen LogP contribution in [0, 0.1) is 0 Å². The predicted octanol–water partition coefficient (Wildman–Crippen LogP) is 4.43. The molecule has 0 spiro atoms. The quantitative estimate of drug-likeness (QED) is 0.745. The largest absolute Gasteiger partial charge is 0.326 e. The Morgan fingerprint density at radius 1 is 1.09 bits per heavy atom. The molecule has 0 unspecified atom stereocenters. The molecule has 0 atom stereocenters. The van der Waals surface area contributed by atoms with E-state index in [1.807, 2.05) is 48.5 Å². The number of carbonyl (C=O) groups excluding carboxylic acids is 1. The second-order valence-corrected chi connectivity index (χ2v) is 6.26. The molecule has 1 N–H and O–H groups in total. The summed E-state index contributed by atoms with van der Waals surface area (Å²) in [7, 11) is 0. The van der Waals surface area contributed by atoms with Gasteiger partial charge in [0, 0.05) is 17.1 Å². The zero-order valence-corrected chi connectivity index (χ0v) is 13.8. The van der Waals surface area contributed by atoms with E-state index in [-0.39, 0.29) is 5.91 Å². The van der Waals surface area contributed by atoms with Gasteiger partial charge in [-0.15, -0.1) is 5.10 Å². The lowest BCUT2D eigenvalue weighted by Crippen LogP contribution is -2.12. The number of benzene rings is 2. The van der Waals surface area contributed by atoms with Crippen LogP contribution in [0.5, 0.6) is 0 Å². The van der Waals surface area contributed by atoms with Crippen molar-refractivity contribution in [1.82, 2.24) is 9.59 Å². The molecule has 1 heterocycles. The summed E-state index contributed by atoms with van der Waals surface area (Å²) in [4.78, 5) is 13.0. The molecule has 116 valence electrons. The average Bonchev–Trinajstić information content (AvgIpc) is 3.09. The molecule has 0 saturated heterocycles. The predicted molar refractivity (Wildman–Crippen MR) is 93.7 cm³/mol. The molecule has 0 bridgehead atoms. The molecule has 1 amide bonds. The van der Waals surface area contributed by atoms with E-state index in [1.165, 1.54) is 11.5 Å². The van der Waals surface area contributed by atoms with Crippen molar-refractivity contribution in [2.75, 3.05) is 5.32 Å². The molecule has 3 rings (SSSR count). The Labute approximate surface area is 143 Å². The van der Waals surface area contributed by atoms with Crippen LogP contribution in [-0.2, 0) is 11.2 Å². The summed E-state index contributed by atoms with van der Waals surface area (Å²) in [6.07, 6.45) is 2.85. The fourth-order valence-corrected chi connectivity index (χ4v) is 2.79. The molecule has 0 saturated carbocycles. The van der Waals surface area contributed by atoms with Crippen molar-refractivity contribution < 1.29 is 4.79 Å². The van der Waals surface area contributed by atoms with Crippen molar-refractivity contribution in [2.24, 2.45) is 0 Å². The van der Waals surface area contributed by atoms with Gasteiger partial charge in [-0.2, -0.15) is 0 Å². The second-order valence-electron chi connectivity index (χ2n) is 5.03. The lowest BCUT2D eigenvalue weighted by molar-refractivity contribution is -0.116. The Morgan fingerprint density at radius 2 is 1.83 bits per heavy atom. The van der Waals surface area contributed by atoms with Crippen molar-refractivity contribution in [3.8, 4) is 10.4 Å². The SMILES string of the molecule is O=C(CCc1ccc(Cl)cc1)Nc1ccc(-c2cnns2)cc1. The summed E-state index contributed by atoms with van der Waals surface area (Å²) in [5.41, 5.74) is 2.92. The van der Waals surface area contributed by atoms with Gasteiger partial charge in [0.25, 0.3) is 0 Å². The van der Waals surface area contributed by atoms with Gasteiger partial charge >= 0.3 is 0 Å². The number of nitrogens with zero attached hydrogens (tertiary/aromatic N) is 2. The van der Waals surface area contributed by atoms with Gasteiger partial charge in [0.15, 0.2) is 0 Å². The van der Waals surface area contributed by atoms with Gasteiger partial charge in [0.2, 0.25) is 5.91 Å². The zero-order chi connectivity index (χ0) is 16.1. The summed E-state index contributed by atoms with van der Waals surface area (Å²) in [5, 5.41) is 7.42. The number of nitrogens with one attached hydrogen (secondary N) is 1. The van der Waals surface area contributed by atoms with Crippen molar-refractivity contribution in [1.29, 1.82) is 0 Å². The van der Waals surface area contributed by atoms with E-state index in [2.05, 4.69) is 14.9 Å². The number of aryl methyl sites for hydroxylation is 1. The number of anilines is 1. The first-order valence-electron chi connectivity index (χ1n) is 7.13. The number of aromatic nitrogens is 2. The second kappa shape index (κ2) is 7.35. The zero-order valence-electron chi connectivity index (χ0n) is 12.2. The van der Waals surface area contributed by atoms with Gasteiger partial charge in [0.1, 0.15) is 0 Å².